The predicted octanol–water partition coefficient (Wildman–Crippen LogP) is 3.48. The molecule has 2 nitrogen and oxygen atoms in total. The van der Waals surface area contributed by atoms with Gasteiger partial charge in [0.15, 0.2) is 0 Å². The molecule has 0 aromatic heterocycles. The molecule has 1 aliphatic heterocycles. The maximum Gasteiger partial charge on any atom is 0.116 e. The van der Waals surface area contributed by atoms with Crippen molar-refractivity contribution in [2.24, 2.45) is 0 Å². The normalized spacial score (nSPS) is 20.9. The predicted molar refractivity (Wildman–Crippen MR) is 88.3 cm³/mol. The molecular formula is C18H20O2Si. The quantitative estimate of drug-likeness (QED) is 0.862. The Bertz CT molecular complexity index is 723. The summed E-state index contributed by atoms with van der Waals surface area (Å²) in [5, 5.41) is 12.3. The van der Waals surface area contributed by atoms with Crippen molar-refractivity contribution in [1.29, 1.82) is 0 Å². The SMILES string of the molecule is C[Si]1(C)C2=C1c1c(cccc1C1=CC(OCCO)=CC1)C2. The number of hydrogen-bond acceptors (Lipinski definition) is 2. The number of rotatable bonds is 4. The molecule has 108 valence electrons. The minimum Gasteiger partial charge on any atom is -0.492 e. The Kier molecular flexibility index (Phi) is 2.78. The maximum absolute atomic E-state index is 8.86. The second kappa shape index (κ2) is 4.45. The summed E-state index contributed by atoms with van der Waals surface area (Å²) in [6.07, 6.45) is 6.37. The van der Waals surface area contributed by atoms with Crippen molar-refractivity contribution < 1.29 is 9.84 Å². The van der Waals surface area contributed by atoms with Crippen molar-refractivity contribution in [1.82, 2.24) is 0 Å². The zero-order chi connectivity index (χ0) is 14.6. The highest BCUT2D eigenvalue weighted by Gasteiger charge is 2.52. The fraction of sp³-hybridized carbons (Fsp3) is 0.333. The van der Waals surface area contributed by atoms with E-state index in [9.17, 15) is 0 Å². The smallest absolute Gasteiger partial charge is 0.116 e. The van der Waals surface area contributed by atoms with Crippen LogP contribution in [0.4, 0.5) is 0 Å². The molecule has 1 N–H and O–H groups in total. The van der Waals surface area contributed by atoms with Gasteiger partial charge in [-0.25, -0.2) is 0 Å². The highest BCUT2D eigenvalue weighted by Crippen LogP contribution is 2.57. The van der Waals surface area contributed by atoms with Crippen LogP contribution in [0.1, 0.15) is 23.1 Å². The highest BCUT2D eigenvalue weighted by atomic mass is 28.3. The molecule has 2 aliphatic carbocycles. The van der Waals surface area contributed by atoms with E-state index >= 15 is 0 Å². The monoisotopic (exact) mass is 296 g/mol. The summed E-state index contributed by atoms with van der Waals surface area (Å²) >= 11 is 0. The van der Waals surface area contributed by atoms with E-state index in [-0.39, 0.29) is 6.61 Å². The van der Waals surface area contributed by atoms with E-state index in [1.165, 1.54) is 28.7 Å². The summed E-state index contributed by atoms with van der Waals surface area (Å²) in [4.78, 5) is 0. The maximum atomic E-state index is 8.86. The van der Waals surface area contributed by atoms with Gasteiger partial charge in [-0.1, -0.05) is 41.7 Å². The zero-order valence-electron chi connectivity index (χ0n) is 12.6. The topological polar surface area (TPSA) is 29.5 Å². The third kappa shape index (κ3) is 1.88. The summed E-state index contributed by atoms with van der Waals surface area (Å²) in [6, 6.07) is 6.72. The van der Waals surface area contributed by atoms with Crippen LogP contribution in [-0.2, 0) is 11.2 Å². The first kappa shape index (κ1) is 13.1. The van der Waals surface area contributed by atoms with E-state index < -0.39 is 8.07 Å². The van der Waals surface area contributed by atoms with Gasteiger partial charge in [0, 0.05) is 0 Å². The molecule has 3 heteroatoms. The number of benzene rings is 1. The molecule has 0 spiro atoms. The van der Waals surface area contributed by atoms with E-state index in [2.05, 4.69) is 43.4 Å². The molecule has 1 heterocycles. The molecule has 0 bridgehead atoms. The molecule has 1 aromatic rings. The lowest BCUT2D eigenvalue weighted by molar-refractivity contribution is 0.152. The Labute approximate surface area is 126 Å². The van der Waals surface area contributed by atoms with Crippen molar-refractivity contribution in [2.45, 2.75) is 25.9 Å². The Hall–Kier alpha value is -1.58. The van der Waals surface area contributed by atoms with Gasteiger partial charge in [0.1, 0.15) is 20.4 Å². The molecule has 0 radical (unpaired) electrons. The molecule has 0 saturated heterocycles. The number of ether oxygens (including phenoxy) is 1. The van der Waals surface area contributed by atoms with Gasteiger partial charge in [-0.05, 0) is 47.3 Å². The average molecular weight is 296 g/mol. The summed E-state index contributed by atoms with van der Waals surface area (Å²) in [5.41, 5.74) is 5.79. The minimum atomic E-state index is -1.15. The van der Waals surface area contributed by atoms with Gasteiger partial charge in [0.2, 0.25) is 0 Å². The Balaban J connectivity index is 1.67. The molecule has 0 saturated carbocycles. The molecule has 0 atom stereocenters. The number of fused-ring (bicyclic) bond motifs is 2. The lowest BCUT2D eigenvalue weighted by Gasteiger charge is -2.17. The van der Waals surface area contributed by atoms with Gasteiger partial charge >= 0.3 is 0 Å². The number of aliphatic hydroxyl groups is 1. The van der Waals surface area contributed by atoms with E-state index in [0.717, 1.165) is 12.2 Å². The van der Waals surface area contributed by atoms with Crippen LogP contribution in [0.15, 0.2) is 41.3 Å². The third-order valence-corrected chi connectivity index (χ3v) is 8.42. The fourth-order valence-corrected chi connectivity index (χ4v) is 7.38. The molecule has 0 unspecified atom stereocenters. The highest BCUT2D eigenvalue weighted by molar-refractivity contribution is 7.13. The molecule has 0 amide bonds. The summed E-state index contributed by atoms with van der Waals surface area (Å²) in [6.45, 7) is 5.37. The number of allylic oxidation sites excluding steroid dienone is 4. The number of aliphatic hydroxyl groups excluding tert-OH is 1. The Morgan fingerprint density at radius 3 is 2.95 bits per heavy atom. The van der Waals surface area contributed by atoms with Crippen LogP contribution in [0.5, 0.6) is 0 Å². The first-order chi connectivity index (χ1) is 10.1. The average Bonchev–Trinajstić information content (AvgIpc) is 2.92. The van der Waals surface area contributed by atoms with Crippen molar-refractivity contribution >= 4 is 18.8 Å². The fourth-order valence-electron chi connectivity index (χ4n) is 3.77. The van der Waals surface area contributed by atoms with Gasteiger partial charge in [0.25, 0.3) is 0 Å². The Morgan fingerprint density at radius 1 is 1.29 bits per heavy atom. The van der Waals surface area contributed by atoms with Crippen LogP contribution >= 0.6 is 0 Å². The largest absolute Gasteiger partial charge is 0.492 e. The summed E-state index contributed by atoms with van der Waals surface area (Å²) < 4.78 is 5.53. The van der Waals surface area contributed by atoms with Gasteiger partial charge in [-0.2, -0.15) is 0 Å². The second-order valence-corrected chi connectivity index (χ2v) is 10.9. The van der Waals surface area contributed by atoms with Crippen LogP contribution in [0.3, 0.4) is 0 Å². The van der Waals surface area contributed by atoms with Gasteiger partial charge in [0.05, 0.1) is 6.61 Å². The van der Waals surface area contributed by atoms with Crippen LogP contribution < -0.4 is 0 Å². The zero-order valence-corrected chi connectivity index (χ0v) is 13.6. The van der Waals surface area contributed by atoms with E-state index in [1.54, 1.807) is 10.4 Å². The molecule has 1 aromatic carbocycles. The van der Waals surface area contributed by atoms with E-state index in [4.69, 9.17) is 9.84 Å². The van der Waals surface area contributed by atoms with Crippen LogP contribution in [0.2, 0.25) is 13.1 Å². The lowest BCUT2D eigenvalue weighted by atomic mass is 9.96. The van der Waals surface area contributed by atoms with Crippen molar-refractivity contribution in [3.8, 4) is 0 Å². The summed E-state index contributed by atoms with van der Waals surface area (Å²) in [5.74, 6) is 0.899. The first-order valence-electron chi connectivity index (χ1n) is 7.64. The lowest BCUT2D eigenvalue weighted by Crippen LogP contribution is -2.16. The van der Waals surface area contributed by atoms with E-state index in [0.29, 0.717) is 6.61 Å². The van der Waals surface area contributed by atoms with Crippen LogP contribution in [0, 0.1) is 0 Å². The summed E-state index contributed by atoms with van der Waals surface area (Å²) in [7, 11) is -1.15. The number of hydrogen-bond donors (Lipinski definition) is 1. The van der Waals surface area contributed by atoms with E-state index in [1.807, 2.05) is 0 Å². The van der Waals surface area contributed by atoms with Crippen LogP contribution in [-0.4, -0.2) is 26.4 Å². The second-order valence-electron chi connectivity index (χ2n) is 6.55. The molecule has 0 fully saturated rings. The molecule has 21 heavy (non-hydrogen) atoms. The molecule has 3 aliphatic rings. The molecular weight excluding hydrogens is 276 g/mol. The van der Waals surface area contributed by atoms with Crippen LogP contribution in [0.25, 0.3) is 10.8 Å². The molecule has 4 rings (SSSR count). The van der Waals surface area contributed by atoms with Crippen molar-refractivity contribution in [3.63, 3.8) is 0 Å². The van der Waals surface area contributed by atoms with Crippen molar-refractivity contribution in [3.05, 3.63) is 58.0 Å². The van der Waals surface area contributed by atoms with Gasteiger partial charge in [-0.3, -0.25) is 0 Å². The Morgan fingerprint density at radius 2 is 2.14 bits per heavy atom. The standard InChI is InChI=1S/C18H20O2Si/c1-21(2)16-11-13-4-3-5-15(17(13)18(16)21)12-6-7-14(10-12)20-9-8-19/h3-5,7,10,19H,6,8-9,11H2,1-2H3. The third-order valence-electron chi connectivity index (χ3n) is 4.93. The first-order valence-corrected chi connectivity index (χ1v) is 10.6. The van der Waals surface area contributed by atoms with Gasteiger partial charge in [-0.15, -0.1) is 0 Å². The van der Waals surface area contributed by atoms with Crippen molar-refractivity contribution in [2.75, 3.05) is 13.2 Å². The van der Waals surface area contributed by atoms with Gasteiger partial charge < -0.3 is 9.84 Å². The minimum absolute atomic E-state index is 0.0667.